The first-order valence-electron chi connectivity index (χ1n) is 13.4. The zero-order chi connectivity index (χ0) is 32.1. The quantitative estimate of drug-likeness (QED) is 0.217. The van der Waals surface area contributed by atoms with E-state index in [9.17, 15) is 40.7 Å². The monoisotopic (exact) mass is 607 g/mol. The van der Waals surface area contributed by atoms with Crippen molar-refractivity contribution in [3.63, 3.8) is 0 Å². The van der Waals surface area contributed by atoms with E-state index in [2.05, 4.69) is 16.0 Å². The van der Waals surface area contributed by atoms with Crippen LogP contribution in [-0.4, -0.2) is 23.8 Å². The normalized spacial score (nSPS) is 13.2. The van der Waals surface area contributed by atoms with E-state index in [1.54, 1.807) is 0 Å². The number of alkyl halides is 6. The van der Waals surface area contributed by atoms with Crippen LogP contribution in [0, 0.1) is 0 Å². The maximum Gasteiger partial charge on any atom is 0.417 e. The maximum atomic E-state index is 14.2. The summed E-state index contributed by atoms with van der Waals surface area (Å²) in [7, 11) is 0. The summed E-state index contributed by atoms with van der Waals surface area (Å²) < 4.78 is 84.7. The zero-order valence-corrected chi connectivity index (χ0v) is 23.8. The highest BCUT2D eigenvalue weighted by Crippen LogP contribution is 2.44. The van der Waals surface area contributed by atoms with E-state index in [-0.39, 0.29) is 28.4 Å². The number of anilines is 1. The van der Waals surface area contributed by atoms with Crippen molar-refractivity contribution in [2.24, 2.45) is 0 Å². The van der Waals surface area contributed by atoms with Crippen LogP contribution in [0.15, 0.2) is 60.7 Å². The molecule has 3 rings (SSSR count). The molecule has 0 spiro atoms. The van der Waals surface area contributed by atoms with Crippen molar-refractivity contribution in [3.05, 3.63) is 88.5 Å². The lowest BCUT2D eigenvalue weighted by Gasteiger charge is -2.21. The van der Waals surface area contributed by atoms with Gasteiger partial charge >= 0.3 is 12.4 Å². The summed E-state index contributed by atoms with van der Waals surface area (Å²) in [5, 5.41) is 7.57. The average Bonchev–Trinajstić information content (AvgIpc) is 2.91. The van der Waals surface area contributed by atoms with Crippen molar-refractivity contribution in [3.8, 4) is 11.1 Å². The summed E-state index contributed by atoms with van der Waals surface area (Å²) in [6, 6.07) is 10.0. The number of rotatable bonds is 9. The van der Waals surface area contributed by atoms with Crippen molar-refractivity contribution in [2.45, 2.75) is 65.0 Å². The van der Waals surface area contributed by atoms with Crippen LogP contribution in [0.4, 0.5) is 32.0 Å². The predicted molar refractivity (Wildman–Crippen MR) is 150 cm³/mol. The van der Waals surface area contributed by atoms with E-state index in [1.807, 2.05) is 13.8 Å². The molecule has 0 heterocycles. The first kappa shape index (κ1) is 33.2. The smallest absolute Gasteiger partial charge is 0.350 e. The van der Waals surface area contributed by atoms with Gasteiger partial charge in [-0.05, 0) is 73.4 Å². The fourth-order valence-electron chi connectivity index (χ4n) is 4.60. The third-order valence-corrected chi connectivity index (χ3v) is 6.63. The van der Waals surface area contributed by atoms with Gasteiger partial charge in [0.1, 0.15) is 0 Å². The molecule has 2 atom stereocenters. The largest absolute Gasteiger partial charge is 0.417 e. The Morgan fingerprint density at radius 3 is 1.86 bits per heavy atom. The van der Waals surface area contributed by atoms with Crippen molar-refractivity contribution >= 4 is 23.4 Å². The van der Waals surface area contributed by atoms with Crippen LogP contribution in [0.2, 0.25) is 0 Å². The van der Waals surface area contributed by atoms with E-state index in [0.717, 1.165) is 31.0 Å². The molecular weight excluding hydrogens is 576 g/mol. The number of hydrogen-bond donors (Lipinski definition) is 3. The fourth-order valence-corrected chi connectivity index (χ4v) is 4.60. The number of halogens is 6. The summed E-state index contributed by atoms with van der Waals surface area (Å²) in [4.78, 5) is 36.8. The molecule has 3 N–H and O–H groups in total. The second-order valence-electron chi connectivity index (χ2n) is 10.2. The number of benzene rings is 3. The molecule has 43 heavy (non-hydrogen) atoms. The summed E-state index contributed by atoms with van der Waals surface area (Å²) in [6.45, 7) is 6.43. The molecule has 6 nitrogen and oxygen atoms in total. The Labute approximate surface area is 244 Å². The third kappa shape index (κ3) is 8.59. The van der Waals surface area contributed by atoms with Crippen molar-refractivity contribution in [1.29, 1.82) is 0 Å². The van der Waals surface area contributed by atoms with E-state index >= 15 is 0 Å². The molecule has 3 aromatic rings. The van der Waals surface area contributed by atoms with Crippen LogP contribution >= 0.6 is 0 Å². The van der Waals surface area contributed by atoms with Gasteiger partial charge in [0, 0.05) is 29.8 Å². The van der Waals surface area contributed by atoms with Crippen LogP contribution in [0.3, 0.4) is 0 Å². The summed E-state index contributed by atoms with van der Waals surface area (Å²) in [5.41, 5.74) is -4.24. The number of carbonyl (C=O) groups is 3. The minimum Gasteiger partial charge on any atom is -0.350 e. The lowest BCUT2D eigenvalue weighted by Crippen LogP contribution is -2.32. The number of nitrogens with one attached hydrogen (secondary N) is 3. The molecule has 0 saturated heterocycles. The van der Waals surface area contributed by atoms with Crippen LogP contribution < -0.4 is 16.0 Å². The van der Waals surface area contributed by atoms with Gasteiger partial charge in [-0.25, -0.2) is 0 Å². The van der Waals surface area contributed by atoms with Crippen molar-refractivity contribution in [1.82, 2.24) is 10.6 Å². The second kappa shape index (κ2) is 13.3. The molecule has 230 valence electrons. The van der Waals surface area contributed by atoms with E-state index < -0.39 is 58.4 Å². The third-order valence-electron chi connectivity index (χ3n) is 6.63. The first-order valence-corrected chi connectivity index (χ1v) is 13.4. The van der Waals surface area contributed by atoms with Crippen LogP contribution in [-0.2, 0) is 17.1 Å². The molecule has 0 aliphatic rings. The Balaban J connectivity index is 1.98. The standard InChI is InChI=1S/C31H31F6N3O3/c1-5-7-17(2)38-28(42)21-8-6-9-22(14-21)29(43)40-23-11-13-25(27(16-23)31(35,36)37)24-12-10-20(18(3)39-19(4)41)15-26(24)30(32,33)34/h6,8-18H,5,7H2,1-4H3,(H,38,42)(H,39,41)(H,40,43). The van der Waals surface area contributed by atoms with E-state index in [0.29, 0.717) is 12.1 Å². The fraction of sp³-hybridized carbons (Fsp3) is 0.323. The van der Waals surface area contributed by atoms with Gasteiger partial charge in [0.2, 0.25) is 5.91 Å². The zero-order valence-electron chi connectivity index (χ0n) is 23.8. The molecule has 0 fully saturated rings. The molecule has 3 amide bonds. The second-order valence-corrected chi connectivity index (χ2v) is 10.2. The molecular formula is C31H31F6N3O3. The van der Waals surface area contributed by atoms with E-state index in [4.69, 9.17) is 0 Å². The minimum atomic E-state index is -5.08. The Hall–Kier alpha value is -4.35. The molecule has 0 saturated carbocycles. The highest BCUT2D eigenvalue weighted by Gasteiger charge is 2.39. The molecule has 0 aliphatic carbocycles. The SMILES string of the molecule is CCCC(C)NC(=O)c1cccc(C(=O)Nc2ccc(-c3ccc(C(C)NC(C)=O)cc3C(F)(F)F)c(C(F)(F)F)c2)c1. The number of carbonyl (C=O) groups excluding carboxylic acids is 3. The van der Waals surface area contributed by atoms with Gasteiger partial charge in [-0.1, -0.05) is 37.6 Å². The van der Waals surface area contributed by atoms with Gasteiger partial charge in [0.15, 0.2) is 0 Å². The predicted octanol–water partition coefficient (Wildman–Crippen LogP) is 7.76. The van der Waals surface area contributed by atoms with Gasteiger partial charge in [0.05, 0.1) is 17.2 Å². The van der Waals surface area contributed by atoms with Crippen LogP contribution in [0.1, 0.15) is 84.0 Å². The van der Waals surface area contributed by atoms with Gasteiger partial charge in [-0.2, -0.15) is 26.3 Å². The van der Waals surface area contributed by atoms with Gasteiger partial charge in [-0.3, -0.25) is 14.4 Å². The Morgan fingerprint density at radius 1 is 0.744 bits per heavy atom. The molecule has 12 heteroatoms. The Morgan fingerprint density at radius 2 is 1.30 bits per heavy atom. The maximum absolute atomic E-state index is 14.2. The van der Waals surface area contributed by atoms with Crippen molar-refractivity contribution in [2.75, 3.05) is 5.32 Å². The first-order chi connectivity index (χ1) is 20.0. The molecule has 0 aromatic heterocycles. The Bertz CT molecular complexity index is 1500. The van der Waals surface area contributed by atoms with Gasteiger partial charge < -0.3 is 16.0 Å². The highest BCUT2D eigenvalue weighted by molar-refractivity contribution is 6.06. The topological polar surface area (TPSA) is 87.3 Å². The number of amides is 3. The lowest BCUT2D eigenvalue weighted by atomic mass is 9.91. The molecule has 0 radical (unpaired) electrons. The molecule has 0 bridgehead atoms. The minimum absolute atomic E-state index is 0.00309. The number of hydrogen-bond acceptors (Lipinski definition) is 3. The molecule has 2 unspecified atom stereocenters. The van der Waals surface area contributed by atoms with Crippen molar-refractivity contribution < 1.29 is 40.7 Å². The summed E-state index contributed by atoms with van der Waals surface area (Å²) in [6.07, 6.45) is -8.49. The summed E-state index contributed by atoms with van der Waals surface area (Å²) >= 11 is 0. The average molecular weight is 608 g/mol. The van der Waals surface area contributed by atoms with Crippen LogP contribution in [0.5, 0.6) is 0 Å². The Kier molecular flexibility index (Phi) is 10.3. The highest BCUT2D eigenvalue weighted by atomic mass is 19.4. The van der Waals surface area contributed by atoms with E-state index in [1.165, 1.54) is 44.2 Å². The van der Waals surface area contributed by atoms with Crippen LogP contribution in [0.25, 0.3) is 11.1 Å². The van der Waals surface area contributed by atoms with Gasteiger partial charge in [-0.15, -0.1) is 0 Å². The summed E-state index contributed by atoms with van der Waals surface area (Å²) in [5.74, 6) is -1.72. The molecule has 3 aromatic carbocycles. The lowest BCUT2D eigenvalue weighted by molar-refractivity contribution is -0.139. The molecule has 0 aliphatic heterocycles. The van der Waals surface area contributed by atoms with Gasteiger partial charge in [0.25, 0.3) is 11.8 Å².